The number of piperidine rings is 1. The molecule has 0 bridgehead atoms. The van der Waals surface area contributed by atoms with Crippen LogP contribution in [0.2, 0.25) is 0 Å². The van der Waals surface area contributed by atoms with Gasteiger partial charge in [-0.3, -0.25) is 4.99 Å². The van der Waals surface area contributed by atoms with Gasteiger partial charge in [0.2, 0.25) is 0 Å². The average molecular weight is 372 g/mol. The van der Waals surface area contributed by atoms with Gasteiger partial charge >= 0.3 is 0 Å². The minimum atomic E-state index is 0.365. The van der Waals surface area contributed by atoms with Crippen molar-refractivity contribution in [1.82, 2.24) is 19.8 Å². The van der Waals surface area contributed by atoms with E-state index in [0.29, 0.717) is 35.4 Å². The summed E-state index contributed by atoms with van der Waals surface area (Å²) in [6.07, 6.45) is 14.2. The van der Waals surface area contributed by atoms with Crippen LogP contribution in [0.15, 0.2) is 23.7 Å². The smallest absolute Gasteiger partial charge is 0.193 e. The lowest BCUT2D eigenvalue weighted by atomic mass is 9.54. The molecule has 4 aliphatic rings. The van der Waals surface area contributed by atoms with Crippen molar-refractivity contribution in [3.63, 3.8) is 0 Å². The number of aromatic nitrogens is 2. The molecule has 2 aliphatic heterocycles. The number of hydrogen-bond acceptors (Lipinski definition) is 3. The summed E-state index contributed by atoms with van der Waals surface area (Å²) in [6, 6.07) is 1.00. The molecule has 2 saturated heterocycles. The van der Waals surface area contributed by atoms with E-state index >= 15 is 0 Å². The van der Waals surface area contributed by atoms with Gasteiger partial charge in [0.05, 0.1) is 18.5 Å². The van der Waals surface area contributed by atoms with Gasteiger partial charge in [0.1, 0.15) is 0 Å². The van der Waals surface area contributed by atoms with Crippen LogP contribution >= 0.6 is 0 Å². The highest BCUT2D eigenvalue weighted by Gasteiger charge is 2.65. The summed E-state index contributed by atoms with van der Waals surface area (Å²) >= 11 is 0. The van der Waals surface area contributed by atoms with Crippen molar-refractivity contribution in [2.45, 2.75) is 63.6 Å². The molecular formula is C21H33N5O. The van der Waals surface area contributed by atoms with Gasteiger partial charge in [-0.2, -0.15) is 0 Å². The number of hydrogen-bond donors (Lipinski definition) is 1. The molecule has 148 valence electrons. The van der Waals surface area contributed by atoms with Crippen LogP contribution in [0.1, 0.15) is 51.5 Å². The van der Waals surface area contributed by atoms with Crippen molar-refractivity contribution in [2.24, 2.45) is 22.2 Å². The number of aliphatic imine (C=N–C) groups is 1. The summed E-state index contributed by atoms with van der Waals surface area (Å²) in [6.45, 7) is 5.38. The van der Waals surface area contributed by atoms with E-state index < -0.39 is 0 Å². The third-order valence-corrected chi connectivity index (χ3v) is 7.91. The Kier molecular flexibility index (Phi) is 4.42. The number of nitrogens with one attached hydrogen (secondary N) is 1. The standard InChI is InChI=1S/C21H33N5O/c1-15-5-10-25(13-17(15)26-11-9-23-14-26)20(22-2)24-18-16-6-12-27-19(16)21(18)7-3-4-8-21/h9,11,14-19H,3-8,10,12-13H2,1-2H3,(H,22,24). The van der Waals surface area contributed by atoms with Crippen LogP contribution < -0.4 is 5.32 Å². The highest BCUT2D eigenvalue weighted by Crippen LogP contribution is 2.60. The Morgan fingerprint density at radius 1 is 1.30 bits per heavy atom. The minimum absolute atomic E-state index is 0.365. The molecule has 1 aromatic rings. The maximum absolute atomic E-state index is 6.16. The first-order valence-corrected chi connectivity index (χ1v) is 10.8. The molecule has 0 amide bonds. The highest BCUT2D eigenvalue weighted by molar-refractivity contribution is 5.80. The van der Waals surface area contributed by atoms with Gasteiger partial charge in [-0.1, -0.05) is 19.8 Å². The van der Waals surface area contributed by atoms with Gasteiger partial charge in [0.25, 0.3) is 0 Å². The Hall–Kier alpha value is -1.56. The fraction of sp³-hybridized carbons (Fsp3) is 0.810. The van der Waals surface area contributed by atoms with E-state index in [9.17, 15) is 0 Å². The van der Waals surface area contributed by atoms with E-state index in [1.165, 1.54) is 38.5 Å². The molecule has 3 heterocycles. The number of rotatable bonds is 2. The van der Waals surface area contributed by atoms with Gasteiger partial charge in [0, 0.05) is 56.5 Å². The van der Waals surface area contributed by atoms with Gasteiger partial charge in [-0.25, -0.2) is 4.98 Å². The van der Waals surface area contributed by atoms with E-state index in [1.54, 1.807) is 0 Å². The quantitative estimate of drug-likeness (QED) is 0.641. The lowest BCUT2D eigenvalue weighted by Crippen LogP contribution is -2.69. The molecule has 2 aliphatic carbocycles. The fourth-order valence-corrected chi connectivity index (χ4v) is 6.44. The van der Waals surface area contributed by atoms with Crippen molar-refractivity contribution >= 4 is 5.96 Å². The first-order chi connectivity index (χ1) is 13.2. The summed E-state index contributed by atoms with van der Waals surface area (Å²) in [7, 11) is 1.94. The largest absolute Gasteiger partial charge is 0.377 e. The number of fused-ring (bicyclic) bond motifs is 2. The Bertz CT molecular complexity index is 681. The summed E-state index contributed by atoms with van der Waals surface area (Å²) in [5.41, 5.74) is 0.365. The minimum Gasteiger partial charge on any atom is -0.377 e. The predicted molar refractivity (Wildman–Crippen MR) is 106 cm³/mol. The number of ether oxygens (including phenoxy) is 1. The summed E-state index contributed by atoms with van der Waals surface area (Å²) in [4.78, 5) is 11.4. The highest BCUT2D eigenvalue weighted by atomic mass is 16.5. The second-order valence-corrected chi connectivity index (χ2v) is 9.14. The van der Waals surface area contributed by atoms with Gasteiger partial charge < -0.3 is 19.5 Å². The molecule has 0 radical (unpaired) electrons. The Balaban J connectivity index is 1.32. The Labute approximate surface area is 162 Å². The molecule has 2 saturated carbocycles. The second-order valence-electron chi connectivity index (χ2n) is 9.14. The zero-order valence-electron chi connectivity index (χ0n) is 16.7. The summed E-state index contributed by atoms with van der Waals surface area (Å²) < 4.78 is 8.43. The van der Waals surface area contributed by atoms with Gasteiger partial charge in [-0.15, -0.1) is 0 Å². The molecule has 1 spiro atoms. The van der Waals surface area contributed by atoms with Crippen molar-refractivity contribution in [3.05, 3.63) is 18.7 Å². The normalized spacial score (nSPS) is 38.1. The maximum Gasteiger partial charge on any atom is 0.193 e. The fourth-order valence-electron chi connectivity index (χ4n) is 6.44. The molecule has 6 nitrogen and oxygen atoms in total. The number of imidazole rings is 1. The van der Waals surface area contributed by atoms with Gasteiger partial charge in [-0.05, 0) is 31.6 Å². The first kappa shape index (κ1) is 17.5. The molecule has 4 fully saturated rings. The van der Waals surface area contributed by atoms with Crippen LogP contribution in [0.3, 0.4) is 0 Å². The van der Waals surface area contributed by atoms with Crippen LogP contribution in [0.5, 0.6) is 0 Å². The molecule has 5 atom stereocenters. The average Bonchev–Trinajstić information content (AvgIpc) is 3.43. The van der Waals surface area contributed by atoms with Crippen LogP contribution in [-0.4, -0.2) is 59.3 Å². The maximum atomic E-state index is 6.16. The molecule has 1 N–H and O–H groups in total. The van der Waals surface area contributed by atoms with E-state index in [1.807, 2.05) is 19.6 Å². The van der Waals surface area contributed by atoms with Crippen LogP contribution in [-0.2, 0) is 4.74 Å². The van der Waals surface area contributed by atoms with Crippen molar-refractivity contribution in [2.75, 3.05) is 26.7 Å². The van der Waals surface area contributed by atoms with Crippen molar-refractivity contribution in [3.8, 4) is 0 Å². The second kappa shape index (κ2) is 6.80. The Morgan fingerprint density at radius 3 is 2.89 bits per heavy atom. The number of guanidine groups is 1. The van der Waals surface area contributed by atoms with E-state index in [0.717, 1.165) is 25.7 Å². The topological polar surface area (TPSA) is 54.7 Å². The molecule has 1 aromatic heterocycles. The van der Waals surface area contributed by atoms with Crippen LogP contribution in [0.25, 0.3) is 0 Å². The molecule has 0 aromatic carbocycles. The lowest BCUT2D eigenvalue weighted by molar-refractivity contribution is -0.125. The Morgan fingerprint density at radius 2 is 2.15 bits per heavy atom. The molecule has 27 heavy (non-hydrogen) atoms. The van der Waals surface area contributed by atoms with Gasteiger partial charge in [0.15, 0.2) is 5.96 Å². The molecule has 6 heteroatoms. The molecule has 5 unspecified atom stereocenters. The van der Waals surface area contributed by atoms with E-state index in [2.05, 4.69) is 32.9 Å². The van der Waals surface area contributed by atoms with Crippen molar-refractivity contribution in [1.29, 1.82) is 0 Å². The monoisotopic (exact) mass is 371 g/mol. The first-order valence-electron chi connectivity index (χ1n) is 10.8. The van der Waals surface area contributed by atoms with Crippen molar-refractivity contribution < 1.29 is 4.74 Å². The number of likely N-dealkylation sites (tertiary alicyclic amines) is 1. The lowest BCUT2D eigenvalue weighted by Gasteiger charge is -2.57. The van der Waals surface area contributed by atoms with Crippen LogP contribution in [0, 0.1) is 17.3 Å². The predicted octanol–water partition coefficient (Wildman–Crippen LogP) is 2.69. The number of nitrogens with zero attached hydrogens (tertiary/aromatic N) is 4. The zero-order valence-corrected chi connectivity index (χ0v) is 16.7. The van der Waals surface area contributed by atoms with Crippen LogP contribution in [0.4, 0.5) is 0 Å². The molecular weight excluding hydrogens is 338 g/mol. The molecule has 5 rings (SSSR count). The SMILES string of the molecule is CN=C(NC1C2CCOC2C12CCCC2)N1CCC(C)C(n2ccnc2)C1. The summed E-state index contributed by atoms with van der Waals surface area (Å²) in [5.74, 6) is 2.42. The third-order valence-electron chi connectivity index (χ3n) is 7.91. The van der Waals surface area contributed by atoms with E-state index in [-0.39, 0.29) is 0 Å². The van der Waals surface area contributed by atoms with E-state index in [4.69, 9.17) is 9.73 Å². The zero-order chi connectivity index (χ0) is 18.4. The summed E-state index contributed by atoms with van der Waals surface area (Å²) in [5, 5.41) is 3.93. The third kappa shape index (κ3) is 2.71.